The second-order valence-corrected chi connectivity index (χ2v) is 4.52. The Labute approximate surface area is 112 Å². The monoisotopic (exact) mass is 270 g/mol. The molecule has 1 unspecified atom stereocenters. The average Bonchev–Trinajstić information content (AvgIpc) is 2.34. The summed E-state index contributed by atoms with van der Waals surface area (Å²) < 4.78 is 5.61. The lowest BCUT2D eigenvalue weighted by molar-refractivity contribution is -0.122. The van der Waals surface area contributed by atoms with E-state index in [2.05, 4.69) is 5.32 Å². The van der Waals surface area contributed by atoms with E-state index in [0.29, 0.717) is 17.3 Å². The molecule has 1 amide bonds. The zero-order valence-electron chi connectivity index (χ0n) is 10.7. The maximum absolute atomic E-state index is 10.9. The minimum absolute atomic E-state index is 0.259. The average molecular weight is 271 g/mol. The van der Waals surface area contributed by atoms with E-state index in [1.54, 1.807) is 6.92 Å². The summed E-state index contributed by atoms with van der Waals surface area (Å²) in [5, 5.41) is 3.85. The van der Waals surface area contributed by atoms with Gasteiger partial charge in [0.25, 0.3) is 0 Å². The van der Waals surface area contributed by atoms with Gasteiger partial charge in [0.1, 0.15) is 5.75 Å². The minimum Gasteiger partial charge on any atom is -0.492 e. The van der Waals surface area contributed by atoms with Crippen LogP contribution in [-0.2, 0) is 11.3 Å². The van der Waals surface area contributed by atoms with Crippen LogP contribution in [0.25, 0.3) is 0 Å². The number of amides is 1. The lowest BCUT2D eigenvalue weighted by atomic mass is 10.1. The molecular weight excluding hydrogens is 252 g/mol. The Morgan fingerprint density at radius 2 is 2.28 bits per heavy atom. The highest BCUT2D eigenvalue weighted by atomic mass is 35.5. The molecule has 5 heteroatoms. The van der Waals surface area contributed by atoms with Gasteiger partial charge in [-0.1, -0.05) is 31.5 Å². The lowest BCUT2D eigenvalue weighted by Gasteiger charge is -2.15. The van der Waals surface area contributed by atoms with Gasteiger partial charge in [0.05, 0.1) is 12.5 Å². The van der Waals surface area contributed by atoms with E-state index in [1.165, 1.54) is 0 Å². The molecule has 0 radical (unpaired) electrons. The van der Waals surface area contributed by atoms with Gasteiger partial charge in [0.15, 0.2) is 0 Å². The fraction of sp³-hybridized carbons (Fsp3) is 0.462. The van der Waals surface area contributed by atoms with Crippen LogP contribution in [0.4, 0.5) is 0 Å². The molecule has 0 aliphatic rings. The van der Waals surface area contributed by atoms with Crippen LogP contribution in [0.5, 0.6) is 5.75 Å². The molecular formula is C13H19ClN2O2. The fourth-order valence-corrected chi connectivity index (χ4v) is 1.63. The number of primary amides is 1. The quantitative estimate of drug-likeness (QED) is 0.796. The maximum Gasteiger partial charge on any atom is 0.223 e. The van der Waals surface area contributed by atoms with E-state index in [0.717, 1.165) is 12.1 Å². The van der Waals surface area contributed by atoms with Crippen LogP contribution >= 0.6 is 11.6 Å². The number of hydrogen-bond acceptors (Lipinski definition) is 3. The van der Waals surface area contributed by atoms with Crippen molar-refractivity contribution in [2.24, 2.45) is 11.7 Å². The van der Waals surface area contributed by atoms with E-state index in [1.807, 2.05) is 25.1 Å². The minimum atomic E-state index is -0.370. The molecule has 0 aliphatic carbocycles. The molecule has 18 heavy (non-hydrogen) atoms. The predicted octanol–water partition coefficient (Wildman–Crippen LogP) is 1.95. The predicted molar refractivity (Wildman–Crippen MR) is 72.7 cm³/mol. The van der Waals surface area contributed by atoms with Gasteiger partial charge < -0.3 is 15.8 Å². The summed E-state index contributed by atoms with van der Waals surface area (Å²) in [6, 6.07) is 5.48. The number of nitrogens with two attached hydrogens (primary N) is 1. The summed E-state index contributed by atoms with van der Waals surface area (Å²) >= 11 is 6.13. The van der Waals surface area contributed by atoms with E-state index in [-0.39, 0.29) is 18.4 Å². The summed E-state index contributed by atoms with van der Waals surface area (Å²) in [6.45, 7) is 5.50. The third kappa shape index (κ3) is 4.20. The summed E-state index contributed by atoms with van der Waals surface area (Å²) in [6.07, 6.45) is 0. The zero-order chi connectivity index (χ0) is 13.5. The van der Waals surface area contributed by atoms with Gasteiger partial charge in [0.2, 0.25) is 5.91 Å². The van der Waals surface area contributed by atoms with Crippen molar-refractivity contribution >= 4 is 17.5 Å². The van der Waals surface area contributed by atoms with Crippen LogP contribution in [0.3, 0.4) is 0 Å². The number of nitrogens with one attached hydrogen (secondary N) is 1. The Morgan fingerprint density at radius 1 is 1.56 bits per heavy atom. The molecule has 1 rings (SSSR count). The molecule has 0 fully saturated rings. The zero-order valence-corrected chi connectivity index (χ0v) is 11.5. The summed E-state index contributed by atoms with van der Waals surface area (Å²) in [7, 11) is 0. The van der Waals surface area contributed by atoms with Crippen LogP contribution in [-0.4, -0.2) is 19.1 Å². The van der Waals surface area contributed by atoms with Crippen molar-refractivity contribution in [3.8, 4) is 5.75 Å². The number of ether oxygens (including phenoxy) is 1. The molecule has 1 aromatic carbocycles. The van der Waals surface area contributed by atoms with Crippen LogP contribution in [0.1, 0.15) is 19.4 Å². The first-order chi connectivity index (χ1) is 8.56. The van der Waals surface area contributed by atoms with Crippen molar-refractivity contribution in [3.05, 3.63) is 28.8 Å². The smallest absolute Gasteiger partial charge is 0.223 e. The van der Waals surface area contributed by atoms with Crippen molar-refractivity contribution < 1.29 is 9.53 Å². The third-order valence-corrected chi connectivity index (χ3v) is 2.96. The Kier molecular flexibility index (Phi) is 5.95. The first-order valence-corrected chi connectivity index (χ1v) is 6.34. The standard InChI is InChI=1S/C13H19ClN2O2/c1-3-16-7-10-11(14)5-4-6-12(10)18-8-9(2)13(15)17/h4-6,9,16H,3,7-8H2,1-2H3,(H2,15,17). The molecule has 0 saturated carbocycles. The van der Waals surface area contributed by atoms with Gasteiger partial charge in [-0.05, 0) is 18.7 Å². The Morgan fingerprint density at radius 3 is 2.89 bits per heavy atom. The Balaban J connectivity index is 2.74. The van der Waals surface area contributed by atoms with Gasteiger partial charge >= 0.3 is 0 Å². The first-order valence-electron chi connectivity index (χ1n) is 5.96. The van der Waals surface area contributed by atoms with Crippen LogP contribution in [0.2, 0.25) is 5.02 Å². The van der Waals surface area contributed by atoms with Gasteiger partial charge in [0, 0.05) is 17.1 Å². The van der Waals surface area contributed by atoms with Crippen LogP contribution in [0, 0.1) is 5.92 Å². The topological polar surface area (TPSA) is 64.3 Å². The number of carbonyl (C=O) groups is 1. The van der Waals surface area contributed by atoms with Gasteiger partial charge in [-0.25, -0.2) is 0 Å². The number of hydrogen-bond donors (Lipinski definition) is 2. The van der Waals surface area contributed by atoms with E-state index >= 15 is 0 Å². The van der Waals surface area contributed by atoms with Crippen molar-refractivity contribution in [2.75, 3.05) is 13.2 Å². The molecule has 0 bridgehead atoms. The molecule has 0 aromatic heterocycles. The van der Waals surface area contributed by atoms with E-state index < -0.39 is 0 Å². The number of carbonyl (C=O) groups excluding carboxylic acids is 1. The normalized spacial score (nSPS) is 12.2. The number of rotatable bonds is 7. The molecule has 3 N–H and O–H groups in total. The van der Waals surface area contributed by atoms with Crippen LogP contribution in [0.15, 0.2) is 18.2 Å². The van der Waals surface area contributed by atoms with Crippen molar-refractivity contribution in [1.29, 1.82) is 0 Å². The highest BCUT2D eigenvalue weighted by Crippen LogP contribution is 2.26. The maximum atomic E-state index is 10.9. The second kappa shape index (κ2) is 7.24. The SMILES string of the molecule is CCNCc1c(Cl)cccc1OCC(C)C(N)=O. The molecule has 0 heterocycles. The second-order valence-electron chi connectivity index (χ2n) is 4.11. The van der Waals surface area contributed by atoms with Crippen LogP contribution < -0.4 is 15.8 Å². The summed E-state index contributed by atoms with van der Waals surface area (Å²) in [4.78, 5) is 10.9. The molecule has 100 valence electrons. The molecule has 4 nitrogen and oxygen atoms in total. The molecule has 0 saturated heterocycles. The summed E-state index contributed by atoms with van der Waals surface area (Å²) in [5.41, 5.74) is 6.09. The van der Waals surface area contributed by atoms with Gasteiger partial charge in [-0.3, -0.25) is 4.79 Å². The first kappa shape index (κ1) is 14.8. The largest absolute Gasteiger partial charge is 0.492 e. The molecule has 0 aliphatic heterocycles. The highest BCUT2D eigenvalue weighted by molar-refractivity contribution is 6.31. The lowest BCUT2D eigenvalue weighted by Crippen LogP contribution is -2.26. The van der Waals surface area contributed by atoms with E-state index in [4.69, 9.17) is 22.1 Å². The number of halogens is 1. The molecule has 1 aromatic rings. The van der Waals surface area contributed by atoms with Gasteiger partial charge in [-0.15, -0.1) is 0 Å². The molecule has 1 atom stereocenters. The fourth-order valence-electron chi connectivity index (χ4n) is 1.39. The third-order valence-electron chi connectivity index (χ3n) is 2.60. The molecule has 0 spiro atoms. The van der Waals surface area contributed by atoms with E-state index in [9.17, 15) is 4.79 Å². The number of benzene rings is 1. The Bertz CT molecular complexity index is 410. The van der Waals surface area contributed by atoms with Crippen molar-refractivity contribution in [1.82, 2.24) is 5.32 Å². The van der Waals surface area contributed by atoms with Crippen molar-refractivity contribution in [2.45, 2.75) is 20.4 Å². The summed E-state index contributed by atoms with van der Waals surface area (Å²) in [5.74, 6) is -0.00206. The Hall–Kier alpha value is -1.26. The van der Waals surface area contributed by atoms with Crippen molar-refractivity contribution in [3.63, 3.8) is 0 Å². The highest BCUT2D eigenvalue weighted by Gasteiger charge is 2.12. The van der Waals surface area contributed by atoms with Gasteiger partial charge in [-0.2, -0.15) is 0 Å².